The Kier molecular flexibility index (Phi) is 5.77. The average Bonchev–Trinajstić information content (AvgIpc) is 3.31. The summed E-state index contributed by atoms with van der Waals surface area (Å²) in [5.41, 5.74) is 1.55. The molecule has 0 aliphatic carbocycles. The molecule has 0 saturated heterocycles. The number of aromatic nitrogens is 1. The summed E-state index contributed by atoms with van der Waals surface area (Å²) in [6, 6.07) is 9.97. The molecule has 0 unspecified atom stereocenters. The third kappa shape index (κ3) is 4.19. The van der Waals surface area contributed by atoms with Crippen LogP contribution in [0.15, 0.2) is 41.4 Å². The standard InChI is InChI=1S/C20H19N3O6S/c1-2-27-8-7-22-15-5-4-14(23(25)26)11-18(15)30-20(22)21-19(24)10-13-3-6-16-17(9-13)29-12-28-16/h3-6,9,11H,2,7-8,10,12H2,1H3. The molecule has 0 N–H and O–H groups in total. The number of nitro groups is 1. The van der Waals surface area contributed by atoms with E-state index in [9.17, 15) is 14.9 Å². The fourth-order valence-electron chi connectivity index (χ4n) is 3.15. The molecule has 0 fully saturated rings. The summed E-state index contributed by atoms with van der Waals surface area (Å²) in [6.45, 7) is 3.58. The third-order valence-corrected chi connectivity index (χ3v) is 5.59. The average molecular weight is 429 g/mol. The zero-order chi connectivity index (χ0) is 21.1. The second-order valence-electron chi connectivity index (χ2n) is 6.51. The molecule has 1 aromatic heterocycles. The van der Waals surface area contributed by atoms with Gasteiger partial charge in [0.15, 0.2) is 16.3 Å². The number of amides is 1. The number of non-ortho nitro benzene ring substituents is 1. The molecular weight excluding hydrogens is 410 g/mol. The number of ether oxygens (including phenoxy) is 3. The van der Waals surface area contributed by atoms with Crippen molar-refractivity contribution < 1.29 is 23.9 Å². The van der Waals surface area contributed by atoms with Gasteiger partial charge in [0.05, 0.1) is 28.2 Å². The minimum atomic E-state index is -0.439. The Morgan fingerprint density at radius 1 is 1.27 bits per heavy atom. The topological polar surface area (TPSA) is 105 Å². The van der Waals surface area contributed by atoms with Crippen molar-refractivity contribution in [2.75, 3.05) is 20.0 Å². The first-order chi connectivity index (χ1) is 14.5. The number of nitro benzene ring substituents is 1. The van der Waals surface area contributed by atoms with E-state index >= 15 is 0 Å². The fraction of sp³-hybridized carbons (Fsp3) is 0.300. The predicted octanol–water partition coefficient (Wildman–Crippen LogP) is 3.05. The number of nitrogens with zero attached hydrogens (tertiary/aromatic N) is 3. The van der Waals surface area contributed by atoms with Crippen molar-refractivity contribution in [1.29, 1.82) is 0 Å². The largest absolute Gasteiger partial charge is 0.454 e. The first kappa shape index (κ1) is 20.0. The summed E-state index contributed by atoms with van der Waals surface area (Å²) in [5.74, 6) is 0.948. The minimum Gasteiger partial charge on any atom is -0.454 e. The van der Waals surface area contributed by atoms with Crippen molar-refractivity contribution in [2.45, 2.75) is 19.9 Å². The molecule has 156 valence electrons. The van der Waals surface area contributed by atoms with Crippen LogP contribution < -0.4 is 14.3 Å². The normalized spacial score (nSPS) is 13.2. The maximum atomic E-state index is 12.6. The van der Waals surface area contributed by atoms with Crippen LogP contribution in [0.1, 0.15) is 12.5 Å². The molecule has 0 radical (unpaired) electrons. The van der Waals surface area contributed by atoms with Crippen molar-refractivity contribution in [1.82, 2.24) is 4.57 Å². The number of rotatable bonds is 7. The van der Waals surface area contributed by atoms with Gasteiger partial charge in [0, 0.05) is 25.3 Å². The van der Waals surface area contributed by atoms with E-state index in [1.165, 1.54) is 23.5 Å². The molecule has 0 bridgehead atoms. The number of carbonyl (C=O) groups excluding carboxylic acids is 1. The number of hydrogen-bond donors (Lipinski definition) is 0. The van der Waals surface area contributed by atoms with Gasteiger partial charge < -0.3 is 18.8 Å². The number of thiazole rings is 1. The van der Waals surface area contributed by atoms with Gasteiger partial charge in [-0.2, -0.15) is 4.99 Å². The maximum Gasteiger partial charge on any atom is 0.270 e. The van der Waals surface area contributed by atoms with Crippen molar-refractivity contribution in [3.63, 3.8) is 0 Å². The van der Waals surface area contributed by atoms with Crippen LogP contribution in [0.3, 0.4) is 0 Å². The van der Waals surface area contributed by atoms with Gasteiger partial charge in [0.2, 0.25) is 6.79 Å². The second kappa shape index (κ2) is 8.64. The first-order valence-corrected chi connectivity index (χ1v) is 10.2. The van der Waals surface area contributed by atoms with Gasteiger partial charge in [0.1, 0.15) is 0 Å². The molecule has 1 aliphatic rings. The van der Waals surface area contributed by atoms with Crippen LogP contribution in [-0.2, 0) is 22.5 Å². The Balaban J connectivity index is 1.66. The van der Waals surface area contributed by atoms with E-state index in [0.717, 1.165) is 11.1 Å². The van der Waals surface area contributed by atoms with E-state index < -0.39 is 4.92 Å². The lowest BCUT2D eigenvalue weighted by atomic mass is 10.1. The minimum absolute atomic E-state index is 0.000977. The Labute approximate surface area is 175 Å². The highest BCUT2D eigenvalue weighted by atomic mass is 32.1. The van der Waals surface area contributed by atoms with Crippen molar-refractivity contribution in [2.24, 2.45) is 4.99 Å². The fourth-order valence-corrected chi connectivity index (χ4v) is 4.26. The first-order valence-electron chi connectivity index (χ1n) is 9.37. The van der Waals surface area contributed by atoms with Crippen LogP contribution in [0.25, 0.3) is 10.2 Å². The Bertz CT molecular complexity index is 1180. The van der Waals surface area contributed by atoms with E-state index in [-0.39, 0.29) is 24.8 Å². The molecule has 0 saturated carbocycles. The van der Waals surface area contributed by atoms with E-state index in [0.29, 0.717) is 40.8 Å². The molecule has 0 atom stereocenters. The third-order valence-electron chi connectivity index (χ3n) is 4.55. The van der Waals surface area contributed by atoms with Gasteiger partial charge in [-0.1, -0.05) is 17.4 Å². The van der Waals surface area contributed by atoms with Crippen molar-refractivity contribution >= 4 is 33.1 Å². The van der Waals surface area contributed by atoms with E-state index in [4.69, 9.17) is 14.2 Å². The van der Waals surface area contributed by atoms with Gasteiger partial charge in [-0.25, -0.2) is 0 Å². The number of benzene rings is 2. The highest BCUT2D eigenvalue weighted by Crippen LogP contribution is 2.32. The molecule has 3 aromatic rings. The zero-order valence-corrected chi connectivity index (χ0v) is 17.0. The lowest BCUT2D eigenvalue weighted by Gasteiger charge is -2.05. The van der Waals surface area contributed by atoms with Gasteiger partial charge in [-0.15, -0.1) is 0 Å². The quantitative estimate of drug-likeness (QED) is 0.325. The number of hydrogen-bond acceptors (Lipinski definition) is 7. The highest BCUT2D eigenvalue weighted by Gasteiger charge is 2.16. The SMILES string of the molecule is CCOCCn1c(=NC(=O)Cc2ccc3c(c2)OCO3)sc2cc([N+](=O)[O-])ccc21. The summed E-state index contributed by atoms with van der Waals surface area (Å²) in [5, 5.41) is 11.1. The molecule has 10 heteroatoms. The van der Waals surface area contributed by atoms with Gasteiger partial charge in [0.25, 0.3) is 11.6 Å². The number of fused-ring (bicyclic) bond motifs is 2. The summed E-state index contributed by atoms with van der Waals surface area (Å²) in [7, 11) is 0. The van der Waals surface area contributed by atoms with E-state index in [1.807, 2.05) is 11.5 Å². The molecule has 0 spiro atoms. The monoisotopic (exact) mass is 429 g/mol. The Hall–Kier alpha value is -3.24. The Morgan fingerprint density at radius 3 is 2.90 bits per heavy atom. The number of carbonyl (C=O) groups is 1. The lowest BCUT2D eigenvalue weighted by molar-refractivity contribution is -0.384. The van der Waals surface area contributed by atoms with Crippen LogP contribution in [-0.4, -0.2) is 35.4 Å². The van der Waals surface area contributed by atoms with Gasteiger partial charge >= 0.3 is 0 Å². The van der Waals surface area contributed by atoms with E-state index in [1.54, 1.807) is 24.3 Å². The van der Waals surface area contributed by atoms with Crippen molar-refractivity contribution in [3.8, 4) is 11.5 Å². The van der Waals surface area contributed by atoms with Gasteiger partial charge in [-0.05, 0) is 30.7 Å². The van der Waals surface area contributed by atoms with Crippen LogP contribution in [0.2, 0.25) is 0 Å². The molecule has 1 aliphatic heterocycles. The molecule has 30 heavy (non-hydrogen) atoms. The summed E-state index contributed by atoms with van der Waals surface area (Å²) in [6.07, 6.45) is 0.108. The van der Waals surface area contributed by atoms with Crippen molar-refractivity contribution in [3.05, 3.63) is 56.9 Å². The lowest BCUT2D eigenvalue weighted by Crippen LogP contribution is -2.20. The molecule has 9 nitrogen and oxygen atoms in total. The molecular formula is C20H19N3O6S. The predicted molar refractivity (Wildman–Crippen MR) is 110 cm³/mol. The maximum absolute atomic E-state index is 12.6. The summed E-state index contributed by atoms with van der Waals surface area (Å²) < 4.78 is 18.6. The van der Waals surface area contributed by atoms with Crippen LogP contribution in [0.5, 0.6) is 11.5 Å². The molecule has 2 heterocycles. The smallest absolute Gasteiger partial charge is 0.270 e. The van der Waals surface area contributed by atoms with E-state index in [2.05, 4.69) is 4.99 Å². The highest BCUT2D eigenvalue weighted by molar-refractivity contribution is 7.16. The zero-order valence-electron chi connectivity index (χ0n) is 16.2. The summed E-state index contributed by atoms with van der Waals surface area (Å²) >= 11 is 1.24. The molecule has 2 aromatic carbocycles. The summed E-state index contributed by atoms with van der Waals surface area (Å²) in [4.78, 5) is 28.1. The second-order valence-corrected chi connectivity index (χ2v) is 7.52. The van der Waals surface area contributed by atoms with Gasteiger partial charge in [-0.3, -0.25) is 14.9 Å². The van der Waals surface area contributed by atoms with Crippen LogP contribution in [0, 0.1) is 10.1 Å². The van der Waals surface area contributed by atoms with Crippen LogP contribution >= 0.6 is 11.3 Å². The molecule has 4 rings (SSSR count). The Morgan fingerprint density at radius 2 is 2.10 bits per heavy atom. The molecule has 1 amide bonds. The van der Waals surface area contributed by atoms with Crippen LogP contribution in [0.4, 0.5) is 5.69 Å².